The first-order valence-corrected chi connectivity index (χ1v) is 17.8. The SMILES string of the molecule is CCc1cc2cc(C(=O)N[C@@H](Cc3ccccc3)[C@H](O)CNCc3cccc(C(F)(F)F)c3)ccc2n1N(c1ccccc1)S(C)(=O)=O.O=CO. The van der Waals surface area contributed by atoms with Gasteiger partial charge in [0.2, 0.25) is 10.0 Å². The predicted octanol–water partition coefficient (Wildman–Crippen LogP) is 5.64. The lowest BCUT2D eigenvalue weighted by atomic mass is 10.00. The third-order valence-corrected chi connectivity index (χ3v) is 8.97. The molecule has 51 heavy (non-hydrogen) atoms. The molecule has 0 bridgehead atoms. The van der Waals surface area contributed by atoms with Gasteiger partial charge in [-0.2, -0.15) is 17.6 Å². The highest BCUT2D eigenvalue weighted by Crippen LogP contribution is 2.30. The average molecular weight is 725 g/mol. The number of aliphatic hydroxyl groups is 1. The first-order valence-electron chi connectivity index (χ1n) is 15.9. The van der Waals surface area contributed by atoms with Gasteiger partial charge in [-0.3, -0.25) is 9.59 Å². The number of rotatable bonds is 13. The fourth-order valence-corrected chi connectivity index (χ4v) is 6.64. The molecule has 1 aromatic heterocycles. The Balaban J connectivity index is 0.00000188. The second-order valence-corrected chi connectivity index (χ2v) is 13.5. The van der Waals surface area contributed by atoms with Gasteiger partial charge >= 0.3 is 6.18 Å². The van der Waals surface area contributed by atoms with Crippen LogP contribution in [0.3, 0.4) is 0 Å². The van der Waals surface area contributed by atoms with Gasteiger partial charge in [-0.25, -0.2) is 13.1 Å². The lowest BCUT2D eigenvalue weighted by molar-refractivity contribution is -0.137. The number of hydrogen-bond acceptors (Lipinski definition) is 6. The highest BCUT2D eigenvalue weighted by atomic mass is 32.2. The molecule has 0 radical (unpaired) electrons. The number of fused-ring (bicyclic) bond motifs is 1. The lowest BCUT2D eigenvalue weighted by Crippen LogP contribution is -2.48. The van der Waals surface area contributed by atoms with Crippen molar-refractivity contribution in [3.05, 3.63) is 137 Å². The smallest absolute Gasteiger partial charge is 0.416 e. The Morgan fingerprint density at radius 1 is 0.922 bits per heavy atom. The number of anilines is 1. The highest BCUT2D eigenvalue weighted by molar-refractivity contribution is 7.92. The topological polar surface area (TPSA) is 141 Å². The molecule has 0 aliphatic rings. The van der Waals surface area contributed by atoms with E-state index in [0.717, 1.165) is 29.6 Å². The molecule has 0 saturated carbocycles. The van der Waals surface area contributed by atoms with Gasteiger partial charge in [-0.05, 0) is 66.4 Å². The number of nitrogens with zero attached hydrogens (tertiary/aromatic N) is 2. The molecule has 0 spiro atoms. The molecule has 4 aromatic carbocycles. The van der Waals surface area contributed by atoms with Crippen LogP contribution in [-0.2, 0) is 40.4 Å². The zero-order chi connectivity index (χ0) is 37.2. The molecule has 2 atom stereocenters. The molecule has 10 nitrogen and oxygen atoms in total. The normalized spacial score (nSPS) is 12.7. The highest BCUT2D eigenvalue weighted by Gasteiger charge is 2.30. The lowest BCUT2D eigenvalue weighted by Gasteiger charge is -2.26. The molecule has 14 heteroatoms. The van der Waals surface area contributed by atoms with Crippen molar-refractivity contribution < 1.29 is 41.4 Å². The first kappa shape index (κ1) is 38.6. The largest absolute Gasteiger partial charge is 0.483 e. The van der Waals surface area contributed by atoms with Gasteiger partial charge in [0.15, 0.2) is 0 Å². The molecule has 1 heterocycles. The second-order valence-electron chi connectivity index (χ2n) is 11.7. The van der Waals surface area contributed by atoms with Gasteiger partial charge in [0.1, 0.15) is 0 Å². The Morgan fingerprint density at radius 2 is 1.55 bits per heavy atom. The van der Waals surface area contributed by atoms with E-state index in [-0.39, 0.29) is 19.6 Å². The van der Waals surface area contributed by atoms with Gasteiger partial charge in [0, 0.05) is 29.7 Å². The van der Waals surface area contributed by atoms with Crippen LogP contribution in [0.5, 0.6) is 0 Å². The van der Waals surface area contributed by atoms with E-state index in [9.17, 15) is 31.5 Å². The van der Waals surface area contributed by atoms with Crippen LogP contribution in [0.2, 0.25) is 0 Å². The number of sulfonamides is 1. The zero-order valence-electron chi connectivity index (χ0n) is 27.9. The number of carbonyl (C=O) groups excluding carboxylic acids is 1. The monoisotopic (exact) mass is 724 g/mol. The van der Waals surface area contributed by atoms with Crippen LogP contribution in [-0.4, -0.2) is 60.6 Å². The van der Waals surface area contributed by atoms with Crippen LogP contribution in [0.15, 0.2) is 109 Å². The fourth-order valence-electron chi connectivity index (χ4n) is 5.64. The molecule has 1 amide bonds. The van der Waals surface area contributed by atoms with Crippen LogP contribution < -0.4 is 15.0 Å². The molecular formula is C37H39F3N4O6S. The van der Waals surface area contributed by atoms with Crippen molar-refractivity contribution in [1.82, 2.24) is 15.3 Å². The predicted molar refractivity (Wildman–Crippen MR) is 190 cm³/mol. The molecule has 0 fully saturated rings. The zero-order valence-corrected chi connectivity index (χ0v) is 28.7. The molecule has 5 rings (SSSR count). The van der Waals surface area contributed by atoms with Crippen molar-refractivity contribution in [1.29, 1.82) is 0 Å². The van der Waals surface area contributed by atoms with Gasteiger partial charge in [0.05, 0.1) is 35.2 Å². The van der Waals surface area contributed by atoms with Crippen molar-refractivity contribution in [2.45, 2.75) is 44.6 Å². The average Bonchev–Trinajstić information content (AvgIpc) is 3.45. The molecule has 5 aromatic rings. The Hall–Kier alpha value is -5.18. The summed E-state index contributed by atoms with van der Waals surface area (Å²) in [6.07, 6.45) is -3.57. The van der Waals surface area contributed by atoms with Crippen LogP contribution in [0, 0.1) is 0 Å². The van der Waals surface area contributed by atoms with E-state index in [1.807, 2.05) is 43.3 Å². The molecule has 0 saturated heterocycles. The minimum atomic E-state index is -4.46. The van der Waals surface area contributed by atoms with E-state index < -0.39 is 39.8 Å². The third-order valence-electron chi connectivity index (χ3n) is 7.96. The number of amides is 1. The molecule has 4 N–H and O–H groups in total. The quantitative estimate of drug-likeness (QED) is 0.115. The fraction of sp³-hybridized carbons (Fsp3) is 0.243. The van der Waals surface area contributed by atoms with Crippen molar-refractivity contribution in [2.75, 3.05) is 17.2 Å². The summed E-state index contributed by atoms with van der Waals surface area (Å²) >= 11 is 0. The van der Waals surface area contributed by atoms with E-state index >= 15 is 0 Å². The van der Waals surface area contributed by atoms with Gasteiger partial charge < -0.3 is 20.8 Å². The summed E-state index contributed by atoms with van der Waals surface area (Å²) in [6, 6.07) is 29.1. The van der Waals surface area contributed by atoms with E-state index in [2.05, 4.69) is 10.6 Å². The minimum Gasteiger partial charge on any atom is -0.483 e. The first-order chi connectivity index (χ1) is 24.3. The van der Waals surface area contributed by atoms with Crippen molar-refractivity contribution in [3.63, 3.8) is 0 Å². The van der Waals surface area contributed by atoms with E-state index in [0.29, 0.717) is 40.6 Å². The van der Waals surface area contributed by atoms with Gasteiger partial charge in [-0.1, -0.05) is 73.7 Å². The number of alkyl halides is 3. The maximum atomic E-state index is 13.6. The Morgan fingerprint density at radius 3 is 2.16 bits per heavy atom. The summed E-state index contributed by atoms with van der Waals surface area (Å²) in [7, 11) is -3.75. The van der Waals surface area contributed by atoms with E-state index in [1.165, 1.54) is 10.5 Å². The molecule has 270 valence electrons. The summed E-state index contributed by atoms with van der Waals surface area (Å²) in [5, 5.41) is 24.7. The Kier molecular flexibility index (Phi) is 13.0. The van der Waals surface area contributed by atoms with Gasteiger partial charge in [-0.15, -0.1) is 0 Å². The number of para-hydroxylation sites is 1. The summed E-state index contributed by atoms with van der Waals surface area (Å²) in [5.41, 5.74) is 2.64. The van der Waals surface area contributed by atoms with Crippen molar-refractivity contribution in [3.8, 4) is 0 Å². The molecular weight excluding hydrogens is 685 g/mol. The third kappa shape index (κ3) is 10.2. The molecule has 0 aliphatic heterocycles. The molecule has 0 aliphatic carbocycles. The summed E-state index contributed by atoms with van der Waals surface area (Å²) in [4.78, 5) is 22.0. The van der Waals surface area contributed by atoms with Crippen LogP contribution in [0.25, 0.3) is 10.9 Å². The maximum absolute atomic E-state index is 13.6. The standard InChI is InChI=1S/C36H37F3N4O4S.CH2O2/c1-3-30-22-28-21-27(17-18-33(28)42(30)43(48(2,46)47)31-15-8-5-9-16-31)35(45)41-32(20-25-11-6-4-7-12-25)34(44)24-40-23-26-13-10-14-29(19-26)36(37,38)39;2-1-3/h4-19,21-22,32,34,40,44H,3,20,23-24H2,1-2H3,(H,41,45);1H,(H,2,3)/t32-,34+;/m0./s1. The number of carbonyl (C=O) groups is 2. The van der Waals surface area contributed by atoms with Gasteiger partial charge in [0.25, 0.3) is 12.4 Å². The number of nitrogens with one attached hydrogen (secondary N) is 2. The number of aryl methyl sites for hydroxylation is 1. The summed E-state index contributed by atoms with van der Waals surface area (Å²) in [5.74, 6) is -0.441. The van der Waals surface area contributed by atoms with Crippen molar-refractivity contribution >= 4 is 39.0 Å². The van der Waals surface area contributed by atoms with Crippen LogP contribution >= 0.6 is 0 Å². The number of carboxylic acid groups (broad SMARTS) is 1. The number of halogens is 3. The van der Waals surface area contributed by atoms with Crippen LogP contribution in [0.1, 0.15) is 39.7 Å². The van der Waals surface area contributed by atoms with Crippen LogP contribution in [0.4, 0.5) is 18.9 Å². The molecule has 0 unspecified atom stereocenters. The number of hydrogen-bond donors (Lipinski definition) is 4. The number of aliphatic hydroxyl groups excluding tert-OH is 1. The van der Waals surface area contributed by atoms with Crippen molar-refractivity contribution in [2.24, 2.45) is 0 Å². The maximum Gasteiger partial charge on any atom is 0.416 e. The second kappa shape index (κ2) is 17.2. The van der Waals surface area contributed by atoms with E-state index in [1.54, 1.807) is 59.3 Å². The number of aromatic nitrogens is 1. The summed E-state index contributed by atoms with van der Waals surface area (Å²) < 4.78 is 68.4. The Labute approximate surface area is 294 Å². The van der Waals surface area contributed by atoms with E-state index in [4.69, 9.17) is 9.90 Å². The minimum absolute atomic E-state index is 0.0105. The summed E-state index contributed by atoms with van der Waals surface area (Å²) in [6.45, 7) is 1.77. The Bertz CT molecular complexity index is 2020. The number of benzene rings is 4.